The number of hydrogen-bond donors (Lipinski definition) is 2. The van der Waals surface area contributed by atoms with Crippen LogP contribution in [0.3, 0.4) is 0 Å². The summed E-state index contributed by atoms with van der Waals surface area (Å²) in [6, 6.07) is 1.65. The van der Waals surface area contributed by atoms with Crippen molar-refractivity contribution in [2.75, 3.05) is 0 Å². The lowest BCUT2D eigenvalue weighted by Gasteiger charge is -2.54. The van der Waals surface area contributed by atoms with E-state index >= 15 is 0 Å². The summed E-state index contributed by atoms with van der Waals surface area (Å²) in [6.45, 7) is 10.7. The Morgan fingerprint density at radius 2 is 1.83 bits per heavy atom. The van der Waals surface area contributed by atoms with Gasteiger partial charge < -0.3 is 10.2 Å². The highest BCUT2D eigenvalue weighted by Crippen LogP contribution is 2.59. The first-order valence-electron chi connectivity index (χ1n) is 8.72. The first-order chi connectivity index (χ1) is 10.6. The maximum atomic E-state index is 13.0. The van der Waals surface area contributed by atoms with Crippen LogP contribution in [-0.2, 0) is 5.41 Å². The molecule has 0 radical (unpaired) electrons. The zero-order valence-corrected chi connectivity index (χ0v) is 14.9. The molecule has 3 heteroatoms. The molecule has 0 unspecified atom stereocenters. The summed E-state index contributed by atoms with van der Waals surface area (Å²) in [4.78, 5) is 13.0. The molecule has 0 heterocycles. The van der Waals surface area contributed by atoms with Gasteiger partial charge in [-0.2, -0.15) is 0 Å². The monoisotopic (exact) mass is 316 g/mol. The number of carbonyl (C=O) groups excluding carboxylic acids is 1. The molecule has 0 bridgehead atoms. The molecule has 2 atom stereocenters. The van der Waals surface area contributed by atoms with Gasteiger partial charge in [-0.1, -0.05) is 41.0 Å². The lowest BCUT2D eigenvalue weighted by Crippen LogP contribution is -2.49. The van der Waals surface area contributed by atoms with Crippen molar-refractivity contribution in [1.82, 2.24) is 0 Å². The Balaban J connectivity index is 2.31. The SMILES string of the molecule is CC(C)c1c(O)c(O)cc2c1C(=O)C[C@@H]1C(C)(C)CCC[C@]21C. The first kappa shape index (κ1) is 16.4. The highest BCUT2D eigenvalue weighted by molar-refractivity contribution is 6.02. The van der Waals surface area contributed by atoms with Crippen molar-refractivity contribution in [3.05, 3.63) is 22.8 Å². The van der Waals surface area contributed by atoms with Crippen LogP contribution in [0.4, 0.5) is 0 Å². The second-order valence-electron chi connectivity index (χ2n) is 8.67. The average molecular weight is 316 g/mol. The van der Waals surface area contributed by atoms with E-state index in [0.29, 0.717) is 17.5 Å². The van der Waals surface area contributed by atoms with Crippen LogP contribution in [0.1, 0.15) is 87.7 Å². The van der Waals surface area contributed by atoms with Gasteiger partial charge in [0.25, 0.3) is 0 Å². The Hall–Kier alpha value is -1.51. The van der Waals surface area contributed by atoms with Gasteiger partial charge in [0.05, 0.1) is 0 Å². The van der Waals surface area contributed by atoms with Gasteiger partial charge >= 0.3 is 0 Å². The normalized spacial score (nSPS) is 29.3. The van der Waals surface area contributed by atoms with Gasteiger partial charge in [0, 0.05) is 17.5 Å². The summed E-state index contributed by atoms with van der Waals surface area (Å²) < 4.78 is 0. The lowest BCUT2D eigenvalue weighted by atomic mass is 9.50. The average Bonchev–Trinajstić information content (AvgIpc) is 2.43. The van der Waals surface area contributed by atoms with Crippen LogP contribution in [0, 0.1) is 11.3 Å². The fourth-order valence-corrected chi connectivity index (χ4v) is 5.23. The standard InChI is InChI=1S/C20H28O3/c1-11(2)16-17-12(9-14(22)18(16)23)20(5)8-6-7-19(3,4)15(20)10-13(17)21/h9,11,15,22-23H,6-8,10H2,1-5H3/t15-,20-/m1/s1. The molecule has 0 spiro atoms. The van der Waals surface area contributed by atoms with Crippen LogP contribution in [0.25, 0.3) is 0 Å². The number of hydrogen-bond acceptors (Lipinski definition) is 3. The largest absolute Gasteiger partial charge is 0.504 e. The second kappa shape index (κ2) is 4.99. The molecule has 2 N–H and O–H groups in total. The predicted octanol–water partition coefficient (Wildman–Crippen LogP) is 4.89. The van der Waals surface area contributed by atoms with Crippen molar-refractivity contribution >= 4 is 5.78 Å². The third-order valence-electron chi connectivity index (χ3n) is 6.41. The Bertz CT molecular complexity index is 672. The maximum Gasteiger partial charge on any atom is 0.163 e. The van der Waals surface area contributed by atoms with Gasteiger partial charge in [-0.05, 0) is 47.1 Å². The molecule has 1 aromatic carbocycles. The molecule has 0 saturated heterocycles. The smallest absolute Gasteiger partial charge is 0.163 e. The van der Waals surface area contributed by atoms with Crippen LogP contribution in [0.5, 0.6) is 11.5 Å². The number of carbonyl (C=O) groups is 1. The molecule has 126 valence electrons. The van der Waals surface area contributed by atoms with Gasteiger partial charge in [-0.25, -0.2) is 0 Å². The number of rotatable bonds is 1. The number of aromatic hydroxyl groups is 2. The Morgan fingerprint density at radius 1 is 1.17 bits per heavy atom. The van der Waals surface area contributed by atoms with Gasteiger partial charge in [0.1, 0.15) is 0 Å². The highest BCUT2D eigenvalue weighted by Gasteiger charge is 2.52. The molecule has 2 aliphatic rings. The number of benzene rings is 1. The van der Waals surface area contributed by atoms with Crippen LogP contribution < -0.4 is 0 Å². The van der Waals surface area contributed by atoms with Crippen LogP contribution in [0.2, 0.25) is 0 Å². The highest BCUT2D eigenvalue weighted by atomic mass is 16.3. The molecule has 1 aromatic rings. The lowest BCUT2D eigenvalue weighted by molar-refractivity contribution is 0.0365. The molecular formula is C20H28O3. The van der Waals surface area contributed by atoms with Crippen molar-refractivity contribution in [1.29, 1.82) is 0 Å². The summed E-state index contributed by atoms with van der Waals surface area (Å²) in [6.07, 6.45) is 3.84. The molecule has 0 amide bonds. The van der Waals surface area contributed by atoms with E-state index in [-0.39, 0.29) is 39.9 Å². The number of Topliss-reactive ketones (excluding diaryl/α,β-unsaturated/α-hetero) is 1. The van der Waals surface area contributed by atoms with E-state index in [2.05, 4.69) is 20.8 Å². The Kier molecular flexibility index (Phi) is 3.55. The Morgan fingerprint density at radius 3 is 2.43 bits per heavy atom. The number of ketones is 1. The first-order valence-corrected chi connectivity index (χ1v) is 8.72. The zero-order valence-electron chi connectivity index (χ0n) is 14.9. The summed E-state index contributed by atoms with van der Waals surface area (Å²) >= 11 is 0. The molecule has 23 heavy (non-hydrogen) atoms. The fraction of sp³-hybridized carbons (Fsp3) is 0.650. The van der Waals surface area contributed by atoms with Gasteiger partial charge in [-0.15, -0.1) is 0 Å². The molecule has 0 aliphatic heterocycles. The van der Waals surface area contributed by atoms with Gasteiger partial charge in [0.2, 0.25) is 0 Å². The van der Waals surface area contributed by atoms with Crippen LogP contribution in [0.15, 0.2) is 6.07 Å². The van der Waals surface area contributed by atoms with E-state index < -0.39 is 0 Å². The minimum Gasteiger partial charge on any atom is -0.504 e. The molecule has 0 aromatic heterocycles. The van der Waals surface area contributed by atoms with Gasteiger partial charge in [-0.3, -0.25) is 4.79 Å². The Labute approximate surface area is 138 Å². The quantitative estimate of drug-likeness (QED) is 0.725. The maximum absolute atomic E-state index is 13.0. The van der Waals surface area contributed by atoms with E-state index in [4.69, 9.17) is 0 Å². The van der Waals surface area contributed by atoms with Crippen molar-refractivity contribution in [3.8, 4) is 11.5 Å². The number of phenols is 2. The van der Waals surface area contributed by atoms with E-state index in [1.807, 2.05) is 13.8 Å². The number of phenolic OH excluding ortho intramolecular Hbond substituents is 2. The molecule has 1 fully saturated rings. The third kappa shape index (κ3) is 2.20. The van der Waals surface area contributed by atoms with E-state index in [1.54, 1.807) is 6.07 Å². The van der Waals surface area contributed by atoms with Crippen LogP contribution in [-0.4, -0.2) is 16.0 Å². The van der Waals surface area contributed by atoms with E-state index in [9.17, 15) is 15.0 Å². The minimum absolute atomic E-state index is 0.00319. The zero-order chi connectivity index (χ0) is 17.2. The topological polar surface area (TPSA) is 57.5 Å². The van der Waals surface area contributed by atoms with Crippen molar-refractivity contribution < 1.29 is 15.0 Å². The predicted molar refractivity (Wildman–Crippen MR) is 91.3 cm³/mol. The minimum atomic E-state index is -0.121. The molecular weight excluding hydrogens is 288 g/mol. The van der Waals surface area contributed by atoms with Crippen molar-refractivity contribution in [2.45, 2.75) is 71.6 Å². The van der Waals surface area contributed by atoms with Gasteiger partial charge in [0.15, 0.2) is 17.3 Å². The molecule has 1 saturated carbocycles. The molecule has 3 nitrogen and oxygen atoms in total. The van der Waals surface area contributed by atoms with E-state index in [0.717, 1.165) is 24.8 Å². The summed E-state index contributed by atoms with van der Waals surface area (Å²) in [5.74, 6) is 0.190. The number of fused-ring (bicyclic) bond motifs is 3. The molecule has 2 aliphatic carbocycles. The van der Waals surface area contributed by atoms with Crippen molar-refractivity contribution in [3.63, 3.8) is 0 Å². The third-order valence-corrected chi connectivity index (χ3v) is 6.41. The van der Waals surface area contributed by atoms with Crippen LogP contribution >= 0.6 is 0 Å². The van der Waals surface area contributed by atoms with E-state index in [1.165, 1.54) is 0 Å². The summed E-state index contributed by atoms with van der Waals surface area (Å²) in [5, 5.41) is 20.6. The van der Waals surface area contributed by atoms with Crippen molar-refractivity contribution in [2.24, 2.45) is 11.3 Å². The molecule has 3 rings (SSSR count). The fourth-order valence-electron chi connectivity index (χ4n) is 5.23. The summed E-state index contributed by atoms with van der Waals surface area (Å²) in [7, 11) is 0. The summed E-state index contributed by atoms with van der Waals surface area (Å²) in [5.41, 5.74) is 2.25. The second-order valence-corrected chi connectivity index (χ2v) is 8.67.